The fourth-order valence-corrected chi connectivity index (χ4v) is 6.71. The van der Waals surface area contributed by atoms with Crippen molar-refractivity contribution < 1.29 is 18.0 Å². The summed E-state index contributed by atoms with van der Waals surface area (Å²) >= 11 is 0. The van der Waals surface area contributed by atoms with Crippen molar-refractivity contribution in [3.05, 3.63) is 64.7 Å². The Hall–Kier alpha value is -2.75. The van der Waals surface area contributed by atoms with E-state index >= 15 is 0 Å². The molecule has 1 atom stereocenters. The topological polar surface area (TPSA) is 90.0 Å². The minimum absolute atomic E-state index is 0.138. The van der Waals surface area contributed by atoms with E-state index in [1.54, 1.807) is 13.0 Å². The van der Waals surface area contributed by atoms with Crippen LogP contribution < -0.4 is 5.32 Å². The van der Waals surface area contributed by atoms with Crippen LogP contribution in [-0.2, 0) is 33.2 Å². The lowest BCUT2D eigenvalue weighted by Crippen LogP contribution is -2.52. The standard InChI is InChI=1S/C26H32N4O4S/c1-19-7-10-22(11-8-19)26(2)24(31)30(25(32)27-26)18-28-13-15-29(16-14-28)35(33,34)23-12-9-20-5-3-4-6-21(20)17-23/h7-12,17H,3-6,13-16,18H2,1-2H3,(H,27,32)/t26-/m1/s1. The average molecular weight is 497 g/mol. The first-order chi connectivity index (χ1) is 16.7. The van der Waals surface area contributed by atoms with Gasteiger partial charge in [0.1, 0.15) is 5.54 Å². The van der Waals surface area contributed by atoms with Crippen LogP contribution in [-0.4, -0.2) is 67.3 Å². The van der Waals surface area contributed by atoms with Crippen LogP contribution in [0.1, 0.15) is 42.0 Å². The summed E-state index contributed by atoms with van der Waals surface area (Å²) in [7, 11) is -3.58. The van der Waals surface area contributed by atoms with Gasteiger partial charge in [0.15, 0.2) is 0 Å². The van der Waals surface area contributed by atoms with Crippen LogP contribution in [0.3, 0.4) is 0 Å². The van der Waals surface area contributed by atoms with Crippen LogP contribution in [0, 0.1) is 6.92 Å². The molecule has 1 N–H and O–H groups in total. The number of carbonyl (C=O) groups excluding carboxylic acids is 2. The van der Waals surface area contributed by atoms with Gasteiger partial charge in [-0.1, -0.05) is 35.9 Å². The Balaban J connectivity index is 1.23. The summed E-state index contributed by atoms with van der Waals surface area (Å²) < 4.78 is 28.1. The molecule has 0 unspecified atom stereocenters. The van der Waals surface area contributed by atoms with Crippen LogP contribution >= 0.6 is 0 Å². The predicted molar refractivity (Wildman–Crippen MR) is 132 cm³/mol. The van der Waals surface area contributed by atoms with Gasteiger partial charge in [-0.3, -0.25) is 9.69 Å². The highest BCUT2D eigenvalue weighted by Crippen LogP contribution is 2.30. The summed E-state index contributed by atoms with van der Waals surface area (Å²) in [4.78, 5) is 29.5. The van der Waals surface area contributed by atoms with Gasteiger partial charge in [0, 0.05) is 26.2 Å². The number of imide groups is 1. The normalized spacial score (nSPS) is 23.9. The smallest absolute Gasteiger partial charge is 0.319 e. The molecule has 3 amide bonds. The number of benzene rings is 2. The summed E-state index contributed by atoms with van der Waals surface area (Å²) in [6.07, 6.45) is 4.20. The largest absolute Gasteiger partial charge is 0.326 e. The molecule has 5 rings (SSSR count). The number of amides is 3. The molecule has 8 nitrogen and oxygen atoms in total. The maximum Gasteiger partial charge on any atom is 0.326 e. The van der Waals surface area contributed by atoms with E-state index in [1.807, 2.05) is 48.2 Å². The summed E-state index contributed by atoms with van der Waals surface area (Å²) in [5.41, 5.74) is 3.11. The van der Waals surface area contributed by atoms with Crippen LogP contribution in [0.2, 0.25) is 0 Å². The van der Waals surface area contributed by atoms with Crippen molar-refractivity contribution in [1.82, 2.24) is 19.4 Å². The molecule has 2 aromatic carbocycles. The molecule has 2 aromatic rings. The molecular weight excluding hydrogens is 464 g/mol. The Morgan fingerprint density at radius 1 is 0.914 bits per heavy atom. The fourth-order valence-electron chi connectivity index (χ4n) is 5.24. The third kappa shape index (κ3) is 4.37. The lowest BCUT2D eigenvalue weighted by Gasteiger charge is -2.35. The first-order valence-electron chi connectivity index (χ1n) is 12.2. The van der Waals surface area contributed by atoms with Gasteiger partial charge in [-0.2, -0.15) is 4.31 Å². The van der Waals surface area contributed by atoms with Crippen LogP contribution in [0.15, 0.2) is 47.4 Å². The van der Waals surface area contributed by atoms with Crippen LogP contribution in [0.25, 0.3) is 0 Å². The summed E-state index contributed by atoms with van der Waals surface area (Å²) in [6, 6.07) is 12.7. The average Bonchev–Trinajstić information content (AvgIpc) is 3.08. The lowest BCUT2D eigenvalue weighted by atomic mass is 9.91. The Labute approximate surface area is 206 Å². The minimum Gasteiger partial charge on any atom is -0.319 e. The molecule has 2 aliphatic heterocycles. The number of hydrogen-bond acceptors (Lipinski definition) is 5. The van der Waals surface area contributed by atoms with Crippen molar-refractivity contribution in [1.29, 1.82) is 0 Å². The number of hydrogen-bond donors (Lipinski definition) is 1. The number of aryl methyl sites for hydroxylation is 3. The molecule has 0 bridgehead atoms. The second-order valence-electron chi connectivity index (χ2n) is 9.96. The number of piperazine rings is 1. The molecule has 2 saturated heterocycles. The Bertz CT molecular complexity index is 1250. The molecule has 1 aliphatic carbocycles. The van der Waals surface area contributed by atoms with Gasteiger partial charge in [-0.15, -0.1) is 0 Å². The molecule has 0 saturated carbocycles. The van der Waals surface area contributed by atoms with Gasteiger partial charge in [0.05, 0.1) is 11.6 Å². The molecule has 186 valence electrons. The predicted octanol–water partition coefficient (Wildman–Crippen LogP) is 2.60. The number of fused-ring (bicyclic) bond motifs is 1. The van der Waals surface area contributed by atoms with E-state index in [2.05, 4.69) is 5.32 Å². The van der Waals surface area contributed by atoms with Crippen LogP contribution in [0.4, 0.5) is 4.79 Å². The highest BCUT2D eigenvalue weighted by atomic mass is 32.2. The molecule has 3 aliphatic rings. The van der Waals surface area contributed by atoms with Crippen molar-refractivity contribution in [2.45, 2.75) is 50.0 Å². The number of sulfonamides is 1. The number of urea groups is 1. The zero-order valence-corrected chi connectivity index (χ0v) is 21.1. The number of carbonyl (C=O) groups is 2. The van der Waals surface area contributed by atoms with Gasteiger partial charge < -0.3 is 5.32 Å². The number of rotatable bonds is 5. The zero-order valence-electron chi connectivity index (χ0n) is 20.3. The Morgan fingerprint density at radius 2 is 1.57 bits per heavy atom. The summed E-state index contributed by atoms with van der Waals surface area (Å²) in [6.45, 7) is 5.36. The fraction of sp³-hybridized carbons (Fsp3) is 0.462. The van der Waals surface area contributed by atoms with E-state index in [0.29, 0.717) is 31.1 Å². The molecule has 2 heterocycles. The van der Waals surface area contributed by atoms with E-state index in [0.717, 1.165) is 42.4 Å². The molecule has 0 radical (unpaired) electrons. The SMILES string of the molecule is Cc1ccc([C@@]2(C)NC(=O)N(CN3CCN(S(=O)(=O)c4ccc5c(c4)CCCC5)CC3)C2=O)cc1. The van der Waals surface area contributed by atoms with Crippen molar-refractivity contribution >= 4 is 22.0 Å². The molecule has 0 spiro atoms. The minimum atomic E-state index is -3.58. The van der Waals surface area contributed by atoms with Gasteiger partial charge in [-0.05, 0) is 68.4 Å². The lowest BCUT2D eigenvalue weighted by molar-refractivity contribution is -0.132. The number of nitrogens with zero attached hydrogens (tertiary/aromatic N) is 3. The maximum absolute atomic E-state index is 13.3. The zero-order chi connectivity index (χ0) is 24.8. The monoisotopic (exact) mass is 496 g/mol. The highest BCUT2D eigenvalue weighted by Gasteiger charge is 2.49. The van der Waals surface area contributed by atoms with E-state index in [4.69, 9.17) is 0 Å². The summed E-state index contributed by atoms with van der Waals surface area (Å²) in [5, 5.41) is 2.84. The van der Waals surface area contributed by atoms with E-state index in [9.17, 15) is 18.0 Å². The quantitative estimate of drug-likeness (QED) is 0.643. The van der Waals surface area contributed by atoms with Gasteiger partial charge in [0.25, 0.3) is 5.91 Å². The molecule has 35 heavy (non-hydrogen) atoms. The molecule has 0 aromatic heterocycles. The molecule has 9 heteroatoms. The first kappa shape index (κ1) is 24.0. The highest BCUT2D eigenvalue weighted by molar-refractivity contribution is 7.89. The number of nitrogens with one attached hydrogen (secondary N) is 1. The van der Waals surface area contributed by atoms with Crippen LogP contribution in [0.5, 0.6) is 0 Å². The van der Waals surface area contributed by atoms with E-state index in [1.165, 1.54) is 14.8 Å². The first-order valence-corrected chi connectivity index (χ1v) is 13.7. The van der Waals surface area contributed by atoms with Crippen molar-refractivity contribution in [2.75, 3.05) is 32.8 Å². The van der Waals surface area contributed by atoms with E-state index < -0.39 is 21.6 Å². The third-order valence-electron chi connectivity index (χ3n) is 7.53. The Morgan fingerprint density at radius 3 is 2.26 bits per heavy atom. The second kappa shape index (κ2) is 9.04. The third-order valence-corrected chi connectivity index (χ3v) is 9.43. The maximum atomic E-state index is 13.3. The second-order valence-corrected chi connectivity index (χ2v) is 11.9. The molecule has 2 fully saturated rings. The Kier molecular flexibility index (Phi) is 6.19. The molecular formula is C26H32N4O4S. The van der Waals surface area contributed by atoms with E-state index in [-0.39, 0.29) is 12.6 Å². The van der Waals surface area contributed by atoms with Gasteiger partial charge >= 0.3 is 6.03 Å². The van der Waals surface area contributed by atoms with Crippen molar-refractivity contribution in [3.8, 4) is 0 Å². The van der Waals surface area contributed by atoms with Gasteiger partial charge in [-0.25, -0.2) is 18.1 Å². The summed E-state index contributed by atoms with van der Waals surface area (Å²) in [5.74, 6) is -0.296. The van der Waals surface area contributed by atoms with Crippen molar-refractivity contribution in [3.63, 3.8) is 0 Å². The van der Waals surface area contributed by atoms with Gasteiger partial charge in [0.2, 0.25) is 10.0 Å². The van der Waals surface area contributed by atoms with Crippen molar-refractivity contribution in [2.24, 2.45) is 0 Å².